The van der Waals surface area contributed by atoms with E-state index in [1.807, 2.05) is 0 Å². The average Bonchev–Trinajstić information content (AvgIpc) is 2.41. The largest absolute Gasteiger partial charge is 0.356 e. The normalized spacial score (nSPS) is 46.7. The Hall–Kier alpha value is -0.350. The Bertz CT molecular complexity index is 695. The van der Waals surface area contributed by atoms with E-state index in [9.17, 15) is 0 Å². The van der Waals surface area contributed by atoms with E-state index >= 15 is 0 Å². The van der Waals surface area contributed by atoms with Crippen LogP contribution in [-0.4, -0.2) is 23.0 Å². The van der Waals surface area contributed by atoms with Crippen LogP contribution < -0.4 is 4.90 Å². The van der Waals surface area contributed by atoms with E-state index in [0.29, 0.717) is 0 Å². The predicted molar refractivity (Wildman–Crippen MR) is 60.8 cm³/mol. The first kappa shape index (κ1) is 3.32. The molecule has 14 heavy (non-hydrogen) atoms. The Balaban J connectivity index is 2.90. The van der Waals surface area contributed by atoms with Crippen LogP contribution in [0, 0.1) is 0 Å². The highest BCUT2D eigenvalue weighted by Crippen LogP contribution is 2.30. The van der Waals surface area contributed by atoms with E-state index < -0.39 is 49.4 Å². The highest BCUT2D eigenvalue weighted by Gasteiger charge is 2.16. The van der Waals surface area contributed by atoms with E-state index in [1.165, 1.54) is 0 Å². The fraction of sp³-hybridized carbons (Fsp3) is 0.556. The molecule has 1 aromatic heterocycles. The fourth-order valence-corrected chi connectivity index (χ4v) is 1.26. The number of hydrogen-bond acceptors (Lipinski definition) is 3. The van der Waals surface area contributed by atoms with Crippen molar-refractivity contribution in [3.63, 3.8) is 0 Å². The van der Waals surface area contributed by atoms with Gasteiger partial charge < -0.3 is 4.90 Å². The number of anilines is 1. The first-order chi connectivity index (χ1) is 10.9. The van der Waals surface area contributed by atoms with Crippen LogP contribution in [0.5, 0.6) is 0 Å². The lowest BCUT2D eigenvalue weighted by Crippen LogP contribution is -2.30. The van der Waals surface area contributed by atoms with Crippen molar-refractivity contribution in [1.82, 2.24) is 9.97 Å². The van der Waals surface area contributed by atoms with Gasteiger partial charge in [0.15, 0.2) is 0 Å². The third-order valence-corrected chi connectivity index (χ3v) is 2.59. The van der Waals surface area contributed by atoms with E-state index in [4.69, 9.17) is 26.7 Å². The van der Waals surface area contributed by atoms with Gasteiger partial charge in [0.1, 0.15) is 18.6 Å². The summed E-state index contributed by atoms with van der Waals surface area (Å²) in [5, 5.41) is -0.392. The van der Waals surface area contributed by atoms with Crippen molar-refractivity contribution < 1.29 is 15.1 Å². The maximum absolute atomic E-state index is 8.03. The molecule has 2 rings (SSSR count). The van der Waals surface area contributed by atoms with Gasteiger partial charge in [0.2, 0.25) is 0 Å². The summed E-state index contributed by atoms with van der Waals surface area (Å²) in [6.07, 6.45) is -11.2. The molecular formula is C9H11BrClN3. The van der Waals surface area contributed by atoms with Crippen molar-refractivity contribution >= 4 is 33.3 Å². The zero-order valence-electron chi connectivity index (χ0n) is 17.6. The molecule has 0 aromatic carbocycles. The summed E-state index contributed by atoms with van der Waals surface area (Å²) in [5.41, 5.74) is 0. The summed E-state index contributed by atoms with van der Waals surface area (Å²) in [5.74, 6) is -0.705. The first-order valence-corrected chi connectivity index (χ1v) is 4.61. The third-order valence-electron chi connectivity index (χ3n) is 1.35. The molecule has 0 aliphatic carbocycles. The Morgan fingerprint density at radius 3 is 2.86 bits per heavy atom. The molecule has 1 aromatic rings. The summed E-state index contributed by atoms with van der Waals surface area (Å²) < 4.78 is 86.2. The molecule has 0 radical (unpaired) electrons. The lowest BCUT2D eigenvalue weighted by molar-refractivity contribution is 0.572. The number of nitrogens with zero attached hydrogens (tertiary/aromatic N) is 3. The van der Waals surface area contributed by atoms with Gasteiger partial charge in [-0.3, -0.25) is 0 Å². The van der Waals surface area contributed by atoms with Crippen molar-refractivity contribution in [1.29, 1.82) is 0 Å². The van der Waals surface area contributed by atoms with Gasteiger partial charge in [-0.25, -0.2) is 9.97 Å². The number of aromatic nitrogens is 2. The quantitative estimate of drug-likeness (QED) is 0.744. The molecule has 0 saturated carbocycles. The molecule has 1 aliphatic rings. The zero-order chi connectivity index (χ0) is 19.8. The average molecular weight is 288 g/mol. The van der Waals surface area contributed by atoms with E-state index in [1.54, 1.807) is 0 Å². The summed E-state index contributed by atoms with van der Waals surface area (Å²) in [6.45, 7) is -6.78. The van der Waals surface area contributed by atoms with Gasteiger partial charge >= 0.3 is 0 Å². The number of hydrogen-bond donors (Lipinski definition) is 0. The third kappa shape index (κ3) is 2.01. The zero-order valence-corrected chi connectivity index (χ0v) is 8.94. The summed E-state index contributed by atoms with van der Waals surface area (Å²) in [4.78, 5) is 7.03. The summed E-state index contributed by atoms with van der Waals surface area (Å²) in [6, 6.07) is 0. The van der Waals surface area contributed by atoms with Crippen molar-refractivity contribution in [3.05, 3.63) is 15.9 Å². The van der Waals surface area contributed by atoms with Crippen LogP contribution in [0.1, 0.15) is 34.2 Å². The van der Waals surface area contributed by atoms with Crippen LogP contribution >= 0.6 is 27.5 Å². The van der Waals surface area contributed by atoms with Crippen molar-refractivity contribution in [2.75, 3.05) is 17.9 Å². The first-order valence-electron chi connectivity index (χ1n) is 8.94. The molecular weight excluding hydrogens is 265 g/mol. The fourth-order valence-electron chi connectivity index (χ4n) is 0.788. The van der Waals surface area contributed by atoms with E-state index in [2.05, 4.69) is 25.9 Å². The molecule has 0 spiro atoms. The molecule has 5 heteroatoms. The highest BCUT2D eigenvalue weighted by atomic mass is 79.9. The topological polar surface area (TPSA) is 29.0 Å². The molecule has 0 bridgehead atoms. The summed E-state index contributed by atoms with van der Waals surface area (Å²) >= 11 is 8.67. The molecule has 76 valence electrons. The van der Waals surface area contributed by atoms with Gasteiger partial charge in [0.25, 0.3) is 0 Å². The molecule has 1 saturated heterocycles. The number of piperidine rings is 1. The Morgan fingerprint density at radius 2 is 2.14 bits per heavy atom. The monoisotopic (exact) mass is 286 g/mol. The predicted octanol–water partition coefficient (Wildman–Crippen LogP) is 2.88. The smallest absolute Gasteiger partial charge is 0.148 e. The van der Waals surface area contributed by atoms with Gasteiger partial charge in [-0.15, -0.1) is 0 Å². The van der Waals surface area contributed by atoms with Crippen molar-refractivity contribution in [3.8, 4) is 0 Å². The molecule has 0 unspecified atom stereocenters. The van der Waals surface area contributed by atoms with E-state index in [0.717, 1.165) is 0 Å². The second-order valence-corrected chi connectivity index (χ2v) is 3.34. The SMILES string of the molecule is [2H]c1nc(Cl)c(Br)c(N2C([2H])([2H])C([2H])([2H])C([2H])([2H])C([2H])([2H])C2([2H])[2H])n1. The standard InChI is InChI=1S/C9H11BrClN3/c10-7-8(11)12-6-13-9(7)14-4-2-1-3-5-14/h6H,1-5H2/i1D2,2D2,3D2,4D2,5D2,6D. The maximum Gasteiger partial charge on any atom is 0.148 e. The molecule has 3 nitrogen and oxygen atoms in total. The van der Waals surface area contributed by atoms with Gasteiger partial charge in [-0.05, 0) is 35.0 Å². The molecule has 2 heterocycles. The molecule has 0 atom stereocenters. The van der Waals surface area contributed by atoms with Crippen LogP contribution in [-0.2, 0) is 0 Å². The Kier molecular flexibility index (Phi) is 1.05. The minimum absolute atomic E-state index is 0.0248. The molecule has 0 N–H and O–H groups in total. The Labute approximate surface area is 112 Å². The van der Waals surface area contributed by atoms with Crippen LogP contribution in [0.4, 0.5) is 5.82 Å². The van der Waals surface area contributed by atoms with Gasteiger partial charge in [-0.2, -0.15) is 0 Å². The molecule has 1 aliphatic heterocycles. The second kappa shape index (κ2) is 4.45. The Morgan fingerprint density at radius 1 is 1.43 bits per heavy atom. The molecule has 0 amide bonds. The second-order valence-electron chi connectivity index (χ2n) is 2.19. The van der Waals surface area contributed by atoms with E-state index in [-0.39, 0.29) is 9.37 Å². The van der Waals surface area contributed by atoms with Crippen LogP contribution in [0.15, 0.2) is 10.8 Å². The minimum Gasteiger partial charge on any atom is -0.356 e. The van der Waals surface area contributed by atoms with Crippen molar-refractivity contribution in [2.24, 2.45) is 0 Å². The van der Waals surface area contributed by atoms with Gasteiger partial charge in [0.05, 0.1) is 4.47 Å². The minimum atomic E-state index is -3.53. The van der Waals surface area contributed by atoms with Gasteiger partial charge in [-0.1, -0.05) is 11.6 Å². The maximum atomic E-state index is 8.03. The van der Waals surface area contributed by atoms with Crippen LogP contribution in [0.25, 0.3) is 0 Å². The van der Waals surface area contributed by atoms with Gasteiger partial charge in [0, 0.05) is 26.7 Å². The number of halogens is 2. The highest BCUT2D eigenvalue weighted by molar-refractivity contribution is 9.10. The summed E-state index contributed by atoms with van der Waals surface area (Å²) in [7, 11) is 0. The van der Waals surface area contributed by atoms with Crippen LogP contribution in [0.3, 0.4) is 0 Å². The lowest BCUT2D eigenvalue weighted by atomic mass is 10.1. The van der Waals surface area contributed by atoms with Crippen molar-refractivity contribution in [2.45, 2.75) is 19.1 Å². The lowest BCUT2D eigenvalue weighted by Gasteiger charge is -2.28. The molecule has 1 fully saturated rings. The van der Waals surface area contributed by atoms with Crippen LogP contribution in [0.2, 0.25) is 5.15 Å². The number of rotatable bonds is 1.